The van der Waals surface area contributed by atoms with Crippen molar-refractivity contribution in [3.8, 4) is 10.6 Å². The van der Waals surface area contributed by atoms with Gasteiger partial charge >= 0.3 is 0 Å². The summed E-state index contributed by atoms with van der Waals surface area (Å²) in [4.78, 5) is 32.9. The number of anilines is 1. The summed E-state index contributed by atoms with van der Waals surface area (Å²) in [6, 6.07) is 27.5. The summed E-state index contributed by atoms with van der Waals surface area (Å²) in [5.74, 6) is -1.01. The first-order chi connectivity index (χ1) is 19.7. The van der Waals surface area contributed by atoms with Gasteiger partial charge in [0.05, 0.1) is 27.2 Å². The number of nitrogens with zero attached hydrogens (tertiary/aromatic N) is 3. The second-order valence-electron chi connectivity index (χ2n) is 10.2. The zero-order valence-corrected chi connectivity index (χ0v) is 24.2. The van der Waals surface area contributed by atoms with Crippen molar-refractivity contribution in [3.63, 3.8) is 0 Å². The van der Waals surface area contributed by atoms with Crippen LogP contribution in [0.25, 0.3) is 20.8 Å². The van der Waals surface area contributed by atoms with Gasteiger partial charge in [-0.2, -0.15) is 4.31 Å². The quantitative estimate of drug-likeness (QED) is 0.217. The molecule has 1 atom stereocenters. The molecule has 0 saturated carbocycles. The Morgan fingerprint density at radius 2 is 1.56 bits per heavy atom. The third kappa shape index (κ3) is 5.19. The number of imide groups is 1. The third-order valence-corrected chi connectivity index (χ3v) is 10.1. The lowest BCUT2D eigenvalue weighted by Gasteiger charge is -2.27. The topological polar surface area (TPSA) is 87.7 Å². The zero-order valence-electron chi connectivity index (χ0n) is 22.5. The molecule has 0 N–H and O–H groups in total. The molecule has 0 spiro atoms. The van der Waals surface area contributed by atoms with Crippen molar-refractivity contribution in [2.45, 2.75) is 37.8 Å². The normalized spacial score (nSPS) is 15.8. The van der Waals surface area contributed by atoms with Crippen molar-refractivity contribution >= 4 is 49.1 Å². The molecule has 6 rings (SSSR count). The van der Waals surface area contributed by atoms with Crippen LogP contribution in [0, 0.1) is 13.8 Å². The molecule has 206 valence electrons. The van der Waals surface area contributed by atoms with Crippen molar-refractivity contribution in [1.29, 1.82) is 0 Å². The fraction of sp³-hybridized carbons (Fsp3) is 0.156. The highest BCUT2D eigenvalue weighted by Gasteiger charge is 2.47. The number of thiazole rings is 1. The summed E-state index contributed by atoms with van der Waals surface area (Å²) in [5.41, 5.74) is 5.11. The van der Waals surface area contributed by atoms with Gasteiger partial charge in [0.15, 0.2) is 0 Å². The maximum Gasteiger partial charge on any atom is 0.252 e. The highest BCUT2D eigenvalue weighted by atomic mass is 32.2. The molecule has 1 aromatic heterocycles. The molecule has 1 fully saturated rings. The molecule has 0 radical (unpaired) electrons. The first-order valence-electron chi connectivity index (χ1n) is 13.2. The van der Waals surface area contributed by atoms with Gasteiger partial charge in [0, 0.05) is 12.1 Å². The predicted octanol–water partition coefficient (Wildman–Crippen LogP) is 6.10. The molecule has 0 bridgehead atoms. The molecule has 1 aliphatic heterocycles. The fourth-order valence-corrected chi connectivity index (χ4v) is 7.64. The van der Waals surface area contributed by atoms with E-state index in [0.717, 1.165) is 46.7 Å². The van der Waals surface area contributed by atoms with E-state index in [1.165, 1.54) is 12.1 Å². The molecular weight excluding hydrogens is 555 g/mol. The van der Waals surface area contributed by atoms with Gasteiger partial charge in [-0.1, -0.05) is 54.1 Å². The van der Waals surface area contributed by atoms with Gasteiger partial charge in [-0.3, -0.25) is 9.59 Å². The number of rotatable bonds is 7. The van der Waals surface area contributed by atoms with Gasteiger partial charge in [-0.15, -0.1) is 11.3 Å². The summed E-state index contributed by atoms with van der Waals surface area (Å²) < 4.78 is 29.9. The van der Waals surface area contributed by atoms with Crippen LogP contribution in [0.3, 0.4) is 0 Å². The van der Waals surface area contributed by atoms with Crippen molar-refractivity contribution in [2.24, 2.45) is 0 Å². The van der Waals surface area contributed by atoms with Crippen molar-refractivity contribution in [3.05, 3.63) is 114 Å². The largest absolute Gasteiger partial charge is 0.274 e. The summed E-state index contributed by atoms with van der Waals surface area (Å²) in [7, 11) is -4.09. The van der Waals surface area contributed by atoms with E-state index in [9.17, 15) is 18.0 Å². The molecule has 2 amide bonds. The van der Waals surface area contributed by atoms with E-state index in [1.807, 2.05) is 62.4 Å². The predicted molar refractivity (Wildman–Crippen MR) is 161 cm³/mol. The molecule has 9 heteroatoms. The van der Waals surface area contributed by atoms with E-state index in [1.54, 1.807) is 41.7 Å². The van der Waals surface area contributed by atoms with Gasteiger partial charge in [0.25, 0.3) is 5.91 Å². The van der Waals surface area contributed by atoms with Crippen LogP contribution in [0.15, 0.2) is 102 Å². The molecule has 1 saturated heterocycles. The Balaban J connectivity index is 1.31. The van der Waals surface area contributed by atoms with Gasteiger partial charge < -0.3 is 0 Å². The number of hydrogen-bond acceptors (Lipinski definition) is 6. The minimum Gasteiger partial charge on any atom is -0.274 e. The van der Waals surface area contributed by atoms with E-state index in [-0.39, 0.29) is 17.9 Å². The Labute approximate surface area is 242 Å². The number of amides is 2. The lowest BCUT2D eigenvalue weighted by Crippen LogP contribution is -2.45. The Kier molecular flexibility index (Phi) is 7.03. The third-order valence-electron chi connectivity index (χ3n) is 7.20. The van der Waals surface area contributed by atoms with E-state index < -0.39 is 27.9 Å². The average Bonchev–Trinajstić information content (AvgIpc) is 3.52. The highest BCUT2D eigenvalue weighted by Crippen LogP contribution is 2.34. The first kappa shape index (κ1) is 27.0. The zero-order chi connectivity index (χ0) is 28.7. The molecule has 7 nitrogen and oxygen atoms in total. The number of carbonyl (C=O) groups is 2. The van der Waals surface area contributed by atoms with Crippen LogP contribution in [0.5, 0.6) is 0 Å². The van der Waals surface area contributed by atoms with Gasteiger partial charge in [0.1, 0.15) is 11.0 Å². The second kappa shape index (κ2) is 10.7. The van der Waals surface area contributed by atoms with Crippen molar-refractivity contribution < 1.29 is 18.0 Å². The highest BCUT2D eigenvalue weighted by molar-refractivity contribution is 7.89. The maximum atomic E-state index is 13.8. The van der Waals surface area contributed by atoms with E-state index in [0.29, 0.717) is 5.69 Å². The fourth-order valence-electron chi connectivity index (χ4n) is 4.98. The smallest absolute Gasteiger partial charge is 0.252 e. The standard InChI is InChI=1S/C32H27N3O4S2/c1-21-8-11-23(12-9-21)20-34(41(38,39)26-6-4-3-5-7-26)28-19-30(36)35(32(28)37)25-15-13-24(14-16-25)31-33-27-17-10-22(2)18-29(27)40-31/h3-18,28H,19-20H2,1-2H3. The van der Waals surface area contributed by atoms with E-state index >= 15 is 0 Å². The molecular formula is C32H27N3O4S2. The number of carbonyl (C=O) groups excluding carboxylic acids is 2. The van der Waals surface area contributed by atoms with Crippen LogP contribution >= 0.6 is 11.3 Å². The lowest BCUT2D eigenvalue weighted by atomic mass is 10.1. The van der Waals surface area contributed by atoms with Crippen LogP contribution < -0.4 is 4.90 Å². The van der Waals surface area contributed by atoms with E-state index in [4.69, 9.17) is 4.98 Å². The monoisotopic (exact) mass is 581 g/mol. The lowest BCUT2D eigenvalue weighted by molar-refractivity contribution is -0.122. The number of aryl methyl sites for hydroxylation is 2. The van der Waals surface area contributed by atoms with Crippen LogP contribution in [-0.2, 0) is 26.2 Å². The number of sulfonamides is 1. The van der Waals surface area contributed by atoms with Gasteiger partial charge in [-0.25, -0.2) is 18.3 Å². The van der Waals surface area contributed by atoms with Crippen molar-refractivity contribution in [2.75, 3.05) is 4.90 Å². The minimum absolute atomic E-state index is 0.0367. The number of hydrogen-bond donors (Lipinski definition) is 0. The van der Waals surface area contributed by atoms with Crippen LogP contribution in [0.1, 0.15) is 23.1 Å². The Hall–Kier alpha value is -4.18. The molecule has 5 aromatic rings. The molecule has 1 unspecified atom stereocenters. The Morgan fingerprint density at radius 1 is 0.878 bits per heavy atom. The maximum absolute atomic E-state index is 13.8. The molecule has 2 heterocycles. The van der Waals surface area contributed by atoms with E-state index in [2.05, 4.69) is 6.07 Å². The van der Waals surface area contributed by atoms with Crippen LogP contribution in [-0.4, -0.2) is 35.6 Å². The first-order valence-corrected chi connectivity index (χ1v) is 15.4. The summed E-state index contributed by atoms with van der Waals surface area (Å²) >= 11 is 1.58. The van der Waals surface area contributed by atoms with Crippen LogP contribution in [0.2, 0.25) is 0 Å². The summed E-state index contributed by atoms with van der Waals surface area (Å²) in [6.45, 7) is 3.95. The van der Waals surface area contributed by atoms with Crippen LogP contribution in [0.4, 0.5) is 5.69 Å². The molecule has 4 aromatic carbocycles. The molecule has 0 aliphatic carbocycles. The number of benzene rings is 4. The summed E-state index contributed by atoms with van der Waals surface area (Å²) in [5, 5.41) is 0.840. The Bertz CT molecular complexity index is 1870. The molecule has 1 aliphatic rings. The number of aromatic nitrogens is 1. The number of fused-ring (bicyclic) bond motifs is 1. The van der Waals surface area contributed by atoms with Gasteiger partial charge in [-0.05, 0) is 73.5 Å². The summed E-state index contributed by atoms with van der Waals surface area (Å²) in [6.07, 6.45) is -0.240. The SMILES string of the molecule is Cc1ccc(CN(C2CC(=O)N(c3ccc(-c4nc5ccc(C)cc5s4)cc3)C2=O)S(=O)(=O)c2ccccc2)cc1. The molecule has 41 heavy (non-hydrogen) atoms. The second-order valence-corrected chi connectivity index (χ2v) is 13.1. The van der Waals surface area contributed by atoms with Gasteiger partial charge in [0.2, 0.25) is 15.9 Å². The minimum atomic E-state index is -4.09. The average molecular weight is 582 g/mol. The Morgan fingerprint density at radius 3 is 2.27 bits per heavy atom. The van der Waals surface area contributed by atoms with Crippen molar-refractivity contribution in [1.82, 2.24) is 9.29 Å².